The molecule has 0 spiro atoms. The molecule has 27 heavy (non-hydrogen) atoms. The summed E-state index contributed by atoms with van der Waals surface area (Å²) in [6.45, 7) is 0.353. The van der Waals surface area contributed by atoms with Gasteiger partial charge in [0.2, 0.25) is 5.91 Å². The molecule has 0 aliphatic carbocycles. The van der Waals surface area contributed by atoms with E-state index in [2.05, 4.69) is 10.6 Å². The summed E-state index contributed by atoms with van der Waals surface area (Å²) < 4.78 is 31.6. The van der Waals surface area contributed by atoms with Gasteiger partial charge in [-0.25, -0.2) is 8.78 Å². The van der Waals surface area contributed by atoms with Gasteiger partial charge in [0.25, 0.3) is 0 Å². The fourth-order valence-electron chi connectivity index (χ4n) is 2.69. The van der Waals surface area contributed by atoms with Crippen LogP contribution in [0.4, 0.5) is 14.5 Å². The van der Waals surface area contributed by atoms with Gasteiger partial charge in [-0.3, -0.25) is 9.59 Å². The van der Waals surface area contributed by atoms with E-state index in [4.69, 9.17) is 16.3 Å². The summed E-state index contributed by atoms with van der Waals surface area (Å²) in [6.07, 6.45) is -0.714. The Morgan fingerprint density at radius 3 is 2.63 bits per heavy atom. The number of hydrogen-bond acceptors (Lipinski definition) is 4. The minimum Gasteiger partial charge on any atom is -0.364 e. The van der Waals surface area contributed by atoms with Crippen LogP contribution >= 0.6 is 11.6 Å². The number of halogens is 3. The average Bonchev–Trinajstić information content (AvgIpc) is 2.65. The van der Waals surface area contributed by atoms with Gasteiger partial charge in [0.15, 0.2) is 5.78 Å². The van der Waals surface area contributed by atoms with Crippen molar-refractivity contribution in [1.29, 1.82) is 0 Å². The number of anilines is 1. The molecule has 3 rings (SSSR count). The number of nitrogens with one attached hydrogen (secondary N) is 2. The van der Waals surface area contributed by atoms with Crippen LogP contribution in [-0.2, 0) is 20.9 Å². The highest BCUT2D eigenvalue weighted by molar-refractivity contribution is 6.31. The zero-order valence-electron chi connectivity index (χ0n) is 14.2. The molecule has 1 heterocycles. The number of carbonyl (C=O) groups excluding carboxylic acids is 2. The average molecular weight is 395 g/mol. The van der Waals surface area contributed by atoms with E-state index < -0.39 is 23.9 Å². The molecule has 8 heteroatoms. The number of rotatable bonds is 5. The van der Waals surface area contributed by atoms with E-state index >= 15 is 0 Å². The number of ketones is 1. The fourth-order valence-corrected chi connectivity index (χ4v) is 2.87. The van der Waals surface area contributed by atoms with Crippen molar-refractivity contribution in [3.63, 3.8) is 0 Å². The Bertz CT molecular complexity index is 845. The van der Waals surface area contributed by atoms with Crippen LogP contribution in [0.25, 0.3) is 0 Å². The third-order valence-electron chi connectivity index (χ3n) is 4.18. The standard InChI is InChI=1S/C19H17ClF2N2O3/c20-14-7-13(5-6-15(14)22)24-19(26)16-8-17(25)18(9-23-16)27-10-11-1-3-12(21)4-2-11/h1-7,16,18,23H,8-10H2,(H,24,26). The summed E-state index contributed by atoms with van der Waals surface area (Å²) >= 11 is 5.69. The first-order chi connectivity index (χ1) is 12.9. The maximum absolute atomic E-state index is 13.2. The Morgan fingerprint density at radius 2 is 1.96 bits per heavy atom. The van der Waals surface area contributed by atoms with E-state index in [-0.39, 0.29) is 36.2 Å². The molecule has 1 aliphatic heterocycles. The van der Waals surface area contributed by atoms with Gasteiger partial charge in [-0.1, -0.05) is 23.7 Å². The molecule has 1 fully saturated rings. The van der Waals surface area contributed by atoms with Crippen molar-refractivity contribution in [2.24, 2.45) is 0 Å². The number of carbonyl (C=O) groups is 2. The smallest absolute Gasteiger partial charge is 0.241 e. The van der Waals surface area contributed by atoms with Gasteiger partial charge < -0.3 is 15.4 Å². The quantitative estimate of drug-likeness (QED) is 0.818. The van der Waals surface area contributed by atoms with E-state index in [9.17, 15) is 18.4 Å². The van der Waals surface area contributed by atoms with Gasteiger partial charge in [-0.05, 0) is 35.9 Å². The summed E-state index contributed by atoms with van der Waals surface area (Å²) in [5.74, 6) is -1.54. The van der Waals surface area contributed by atoms with E-state index in [1.165, 1.54) is 24.3 Å². The monoisotopic (exact) mass is 394 g/mol. The van der Waals surface area contributed by atoms with Crippen LogP contribution in [0.15, 0.2) is 42.5 Å². The Morgan fingerprint density at radius 1 is 1.22 bits per heavy atom. The van der Waals surface area contributed by atoms with Crippen LogP contribution in [0.5, 0.6) is 0 Å². The lowest BCUT2D eigenvalue weighted by Gasteiger charge is -2.28. The highest BCUT2D eigenvalue weighted by atomic mass is 35.5. The normalized spacial score (nSPS) is 19.7. The zero-order valence-corrected chi connectivity index (χ0v) is 14.9. The second-order valence-electron chi connectivity index (χ2n) is 6.18. The van der Waals surface area contributed by atoms with Gasteiger partial charge >= 0.3 is 0 Å². The van der Waals surface area contributed by atoms with Crippen LogP contribution in [0.1, 0.15) is 12.0 Å². The fraction of sp³-hybridized carbons (Fsp3) is 0.263. The molecule has 0 radical (unpaired) electrons. The molecule has 1 amide bonds. The number of amides is 1. The Kier molecular flexibility index (Phi) is 6.15. The molecular weight excluding hydrogens is 378 g/mol. The van der Waals surface area contributed by atoms with Gasteiger partial charge in [0, 0.05) is 18.7 Å². The number of hydrogen-bond donors (Lipinski definition) is 2. The minimum absolute atomic E-state index is 0.0329. The first-order valence-corrected chi connectivity index (χ1v) is 8.68. The first-order valence-electron chi connectivity index (χ1n) is 8.30. The molecule has 142 valence electrons. The maximum Gasteiger partial charge on any atom is 0.241 e. The molecule has 2 aromatic rings. The minimum atomic E-state index is -0.716. The predicted molar refractivity (Wildman–Crippen MR) is 96.4 cm³/mol. The molecule has 0 saturated carbocycles. The summed E-state index contributed by atoms with van der Waals surface area (Å²) in [7, 11) is 0. The van der Waals surface area contributed by atoms with Crippen LogP contribution in [0.2, 0.25) is 5.02 Å². The topological polar surface area (TPSA) is 67.4 Å². The summed E-state index contributed by atoms with van der Waals surface area (Å²) in [4.78, 5) is 24.5. The van der Waals surface area contributed by atoms with Crippen molar-refractivity contribution in [3.05, 3.63) is 64.7 Å². The highest BCUT2D eigenvalue weighted by Gasteiger charge is 2.32. The predicted octanol–water partition coefficient (Wildman–Crippen LogP) is 3.07. The van der Waals surface area contributed by atoms with Crippen LogP contribution in [-0.4, -0.2) is 30.4 Å². The molecule has 2 aromatic carbocycles. The van der Waals surface area contributed by atoms with Crippen molar-refractivity contribution < 1.29 is 23.1 Å². The SMILES string of the molecule is O=C(Nc1ccc(F)c(Cl)c1)C1CC(=O)C(OCc2ccc(F)cc2)CN1. The van der Waals surface area contributed by atoms with Gasteiger partial charge in [-0.15, -0.1) is 0 Å². The highest BCUT2D eigenvalue weighted by Crippen LogP contribution is 2.20. The second-order valence-corrected chi connectivity index (χ2v) is 6.58. The number of Topliss-reactive ketones (excluding diaryl/α,β-unsaturated/α-hetero) is 1. The number of piperidine rings is 1. The third-order valence-corrected chi connectivity index (χ3v) is 4.47. The Balaban J connectivity index is 1.51. The van der Waals surface area contributed by atoms with Gasteiger partial charge in [-0.2, -0.15) is 0 Å². The lowest BCUT2D eigenvalue weighted by Crippen LogP contribution is -2.53. The molecule has 5 nitrogen and oxygen atoms in total. The molecule has 2 unspecified atom stereocenters. The first kappa shape index (κ1) is 19.4. The van der Waals surface area contributed by atoms with Crippen molar-refractivity contribution in [2.45, 2.75) is 25.2 Å². The molecule has 0 bridgehead atoms. The van der Waals surface area contributed by atoms with Gasteiger partial charge in [0.1, 0.15) is 17.7 Å². The molecule has 1 aliphatic rings. The number of ether oxygens (including phenoxy) is 1. The van der Waals surface area contributed by atoms with Crippen molar-refractivity contribution >= 4 is 29.0 Å². The van der Waals surface area contributed by atoms with E-state index in [1.54, 1.807) is 12.1 Å². The van der Waals surface area contributed by atoms with Crippen LogP contribution in [0.3, 0.4) is 0 Å². The Hall–Kier alpha value is -2.35. The van der Waals surface area contributed by atoms with Gasteiger partial charge in [0.05, 0.1) is 17.7 Å². The molecular formula is C19H17ClF2N2O3. The van der Waals surface area contributed by atoms with Crippen LogP contribution < -0.4 is 10.6 Å². The summed E-state index contributed by atoms with van der Waals surface area (Å²) in [6, 6.07) is 8.93. The lowest BCUT2D eigenvalue weighted by atomic mass is 10.0. The van der Waals surface area contributed by atoms with E-state index in [0.717, 1.165) is 11.6 Å². The molecule has 2 N–H and O–H groups in total. The van der Waals surface area contributed by atoms with E-state index in [0.29, 0.717) is 5.69 Å². The number of benzene rings is 2. The molecule has 1 saturated heterocycles. The largest absolute Gasteiger partial charge is 0.364 e. The third kappa shape index (κ3) is 5.09. The van der Waals surface area contributed by atoms with Crippen molar-refractivity contribution in [3.8, 4) is 0 Å². The lowest BCUT2D eigenvalue weighted by molar-refractivity contribution is -0.137. The molecule has 2 atom stereocenters. The maximum atomic E-state index is 13.2. The van der Waals surface area contributed by atoms with Crippen LogP contribution in [0, 0.1) is 11.6 Å². The molecule has 0 aromatic heterocycles. The van der Waals surface area contributed by atoms with Crippen molar-refractivity contribution in [2.75, 3.05) is 11.9 Å². The summed E-state index contributed by atoms with van der Waals surface area (Å²) in [5.41, 5.74) is 1.09. The summed E-state index contributed by atoms with van der Waals surface area (Å²) in [5, 5.41) is 5.46. The van der Waals surface area contributed by atoms with E-state index in [1.807, 2.05) is 0 Å². The zero-order chi connectivity index (χ0) is 19.4. The van der Waals surface area contributed by atoms with Crippen molar-refractivity contribution in [1.82, 2.24) is 5.32 Å². The Labute approximate surface area is 159 Å². The second kappa shape index (κ2) is 8.56.